The van der Waals surface area contributed by atoms with Crippen LogP contribution in [0.4, 0.5) is 0 Å². The largest absolute Gasteiger partial charge is 0.327 e. The molecule has 1 aromatic carbocycles. The molecule has 0 aliphatic rings. The fourth-order valence-electron chi connectivity index (χ4n) is 1.67. The molecule has 17 heavy (non-hydrogen) atoms. The van der Waals surface area contributed by atoms with Crippen molar-refractivity contribution >= 4 is 33.3 Å². The number of hydrogen-bond donors (Lipinski definition) is 1. The normalized spacial score (nSPS) is 13.1. The van der Waals surface area contributed by atoms with Gasteiger partial charge in [0.25, 0.3) is 0 Å². The Kier molecular flexibility index (Phi) is 4.83. The summed E-state index contributed by atoms with van der Waals surface area (Å²) < 4.78 is 1.26. The van der Waals surface area contributed by atoms with Crippen molar-refractivity contribution in [3.63, 3.8) is 0 Å². The smallest absolute Gasteiger partial charge is 0.0954 e. The van der Waals surface area contributed by atoms with Crippen LogP contribution in [0.1, 0.15) is 18.4 Å². The van der Waals surface area contributed by atoms with Crippen molar-refractivity contribution in [2.75, 3.05) is 11.5 Å². The van der Waals surface area contributed by atoms with Gasteiger partial charge in [-0.1, -0.05) is 19.1 Å². The second kappa shape index (κ2) is 6.38. The number of aromatic nitrogens is 1. The summed E-state index contributed by atoms with van der Waals surface area (Å²) in [7, 11) is 0. The molecule has 0 aliphatic heterocycles. The molecular weight excluding hydrogens is 248 g/mol. The monoisotopic (exact) mass is 266 g/mol. The number of thioether (sulfide) groups is 1. The van der Waals surface area contributed by atoms with Gasteiger partial charge < -0.3 is 5.73 Å². The van der Waals surface area contributed by atoms with Crippen LogP contribution >= 0.6 is 23.1 Å². The third-order valence-corrected chi connectivity index (χ3v) is 4.87. The SMILES string of the molecule is CCCSCC(N)Cc1nc2ccccc2s1. The van der Waals surface area contributed by atoms with Crippen molar-refractivity contribution < 1.29 is 0 Å². The molecule has 92 valence electrons. The number of benzene rings is 1. The highest BCUT2D eigenvalue weighted by molar-refractivity contribution is 7.99. The lowest BCUT2D eigenvalue weighted by Crippen LogP contribution is -2.25. The van der Waals surface area contributed by atoms with E-state index in [1.54, 1.807) is 11.3 Å². The Labute approximate surface area is 111 Å². The molecular formula is C13H18N2S2. The number of fused-ring (bicyclic) bond motifs is 1. The molecule has 0 aliphatic carbocycles. The molecule has 1 heterocycles. The summed E-state index contributed by atoms with van der Waals surface area (Å²) in [6.07, 6.45) is 2.12. The van der Waals surface area contributed by atoms with Gasteiger partial charge >= 0.3 is 0 Å². The Balaban J connectivity index is 1.93. The Morgan fingerprint density at radius 1 is 1.41 bits per heavy atom. The number of para-hydroxylation sites is 1. The molecule has 0 spiro atoms. The van der Waals surface area contributed by atoms with Crippen molar-refractivity contribution in [3.8, 4) is 0 Å². The molecule has 0 saturated heterocycles. The minimum absolute atomic E-state index is 0.229. The van der Waals surface area contributed by atoms with Crippen LogP contribution in [0, 0.1) is 0 Å². The van der Waals surface area contributed by atoms with Gasteiger partial charge in [0.05, 0.1) is 15.2 Å². The number of thiazole rings is 1. The summed E-state index contributed by atoms with van der Waals surface area (Å²) >= 11 is 3.70. The van der Waals surface area contributed by atoms with E-state index < -0.39 is 0 Å². The quantitative estimate of drug-likeness (QED) is 0.815. The predicted octanol–water partition coefficient (Wildman–Crippen LogP) is 3.31. The Morgan fingerprint density at radius 3 is 3.00 bits per heavy atom. The summed E-state index contributed by atoms with van der Waals surface area (Å²) in [4.78, 5) is 4.61. The molecule has 2 nitrogen and oxygen atoms in total. The highest BCUT2D eigenvalue weighted by Gasteiger charge is 2.08. The van der Waals surface area contributed by atoms with E-state index in [0.717, 1.165) is 22.7 Å². The minimum Gasteiger partial charge on any atom is -0.327 e. The Hall–Kier alpha value is -0.580. The van der Waals surface area contributed by atoms with E-state index in [2.05, 4.69) is 30.1 Å². The molecule has 0 fully saturated rings. The summed E-state index contributed by atoms with van der Waals surface area (Å²) in [6, 6.07) is 8.50. The maximum absolute atomic E-state index is 6.11. The van der Waals surface area contributed by atoms with Gasteiger partial charge in [0.2, 0.25) is 0 Å². The molecule has 1 aromatic heterocycles. The molecule has 0 saturated carbocycles. The van der Waals surface area contributed by atoms with Gasteiger partial charge in [-0.3, -0.25) is 0 Å². The van der Waals surface area contributed by atoms with Crippen molar-refractivity contribution in [1.29, 1.82) is 0 Å². The van der Waals surface area contributed by atoms with E-state index in [1.165, 1.54) is 16.9 Å². The topological polar surface area (TPSA) is 38.9 Å². The van der Waals surface area contributed by atoms with E-state index >= 15 is 0 Å². The molecule has 0 bridgehead atoms. The first kappa shape index (κ1) is 12.9. The van der Waals surface area contributed by atoms with Crippen LogP contribution in [0.15, 0.2) is 24.3 Å². The first-order valence-electron chi connectivity index (χ1n) is 5.97. The highest BCUT2D eigenvalue weighted by Crippen LogP contribution is 2.22. The number of nitrogens with zero attached hydrogens (tertiary/aromatic N) is 1. The van der Waals surface area contributed by atoms with E-state index in [0.29, 0.717) is 0 Å². The van der Waals surface area contributed by atoms with Gasteiger partial charge in [-0.2, -0.15) is 11.8 Å². The van der Waals surface area contributed by atoms with Gasteiger partial charge in [0.15, 0.2) is 0 Å². The Morgan fingerprint density at radius 2 is 2.24 bits per heavy atom. The third-order valence-electron chi connectivity index (χ3n) is 2.46. The van der Waals surface area contributed by atoms with Crippen molar-refractivity contribution in [2.45, 2.75) is 25.8 Å². The lowest BCUT2D eigenvalue weighted by atomic mass is 10.2. The van der Waals surface area contributed by atoms with Crippen LogP contribution in [0.3, 0.4) is 0 Å². The van der Waals surface area contributed by atoms with Crippen LogP contribution in [-0.2, 0) is 6.42 Å². The maximum Gasteiger partial charge on any atom is 0.0954 e. The van der Waals surface area contributed by atoms with Gasteiger partial charge in [-0.25, -0.2) is 4.98 Å². The van der Waals surface area contributed by atoms with Gasteiger partial charge in [0, 0.05) is 18.2 Å². The molecule has 0 amide bonds. The fraction of sp³-hybridized carbons (Fsp3) is 0.462. The van der Waals surface area contributed by atoms with Crippen molar-refractivity contribution in [3.05, 3.63) is 29.3 Å². The zero-order valence-electron chi connectivity index (χ0n) is 10.1. The van der Waals surface area contributed by atoms with Crippen LogP contribution < -0.4 is 5.73 Å². The molecule has 2 N–H and O–H groups in total. The fourth-order valence-corrected chi connectivity index (χ4v) is 3.61. The number of hydrogen-bond acceptors (Lipinski definition) is 4. The second-order valence-corrected chi connectivity index (χ2v) is 6.38. The van der Waals surface area contributed by atoms with Gasteiger partial charge in [0.1, 0.15) is 0 Å². The van der Waals surface area contributed by atoms with Crippen LogP contribution in [0.2, 0.25) is 0 Å². The molecule has 1 unspecified atom stereocenters. The van der Waals surface area contributed by atoms with Gasteiger partial charge in [-0.05, 0) is 24.3 Å². The second-order valence-electron chi connectivity index (χ2n) is 4.11. The minimum atomic E-state index is 0.229. The average Bonchev–Trinajstić information content (AvgIpc) is 2.71. The highest BCUT2D eigenvalue weighted by atomic mass is 32.2. The molecule has 2 aromatic rings. The van der Waals surface area contributed by atoms with Crippen LogP contribution in [-0.4, -0.2) is 22.5 Å². The summed E-state index contributed by atoms with van der Waals surface area (Å²) in [5.74, 6) is 2.23. The standard InChI is InChI=1S/C13H18N2S2/c1-2-7-16-9-10(14)8-13-15-11-5-3-4-6-12(11)17-13/h3-6,10H,2,7-9,14H2,1H3. The van der Waals surface area contributed by atoms with Gasteiger partial charge in [-0.15, -0.1) is 11.3 Å². The zero-order chi connectivity index (χ0) is 12.1. The Bertz CT molecular complexity index is 434. The average molecular weight is 266 g/mol. The van der Waals surface area contributed by atoms with Crippen molar-refractivity contribution in [1.82, 2.24) is 4.98 Å². The number of rotatable bonds is 6. The van der Waals surface area contributed by atoms with E-state index in [-0.39, 0.29) is 6.04 Å². The lowest BCUT2D eigenvalue weighted by Gasteiger charge is -2.08. The van der Waals surface area contributed by atoms with Crippen LogP contribution in [0.5, 0.6) is 0 Å². The molecule has 2 rings (SSSR count). The van der Waals surface area contributed by atoms with Crippen molar-refractivity contribution in [2.24, 2.45) is 5.73 Å². The number of nitrogens with two attached hydrogens (primary N) is 1. The lowest BCUT2D eigenvalue weighted by molar-refractivity contribution is 0.745. The zero-order valence-corrected chi connectivity index (χ0v) is 11.7. The predicted molar refractivity (Wildman–Crippen MR) is 78.9 cm³/mol. The first-order valence-corrected chi connectivity index (χ1v) is 7.94. The summed E-state index contributed by atoms with van der Waals surface area (Å²) in [5, 5.41) is 1.16. The molecule has 1 atom stereocenters. The summed E-state index contributed by atoms with van der Waals surface area (Å²) in [6.45, 7) is 2.20. The molecule has 0 radical (unpaired) electrons. The molecule has 4 heteroatoms. The van der Waals surface area contributed by atoms with E-state index in [1.807, 2.05) is 17.8 Å². The maximum atomic E-state index is 6.11. The third kappa shape index (κ3) is 3.69. The van der Waals surface area contributed by atoms with E-state index in [4.69, 9.17) is 5.73 Å². The first-order chi connectivity index (χ1) is 8.29. The van der Waals surface area contributed by atoms with Crippen LogP contribution in [0.25, 0.3) is 10.2 Å². The van der Waals surface area contributed by atoms with E-state index in [9.17, 15) is 0 Å². The summed E-state index contributed by atoms with van der Waals surface area (Å²) in [5.41, 5.74) is 7.21.